The standard InChI is InChI=1S/C11H11N5O2/c1-18-9-5-4-8(3-2-6-14-16-13)10(7-9)11(17)15-12/h4-5,7H,6,12H2,1H3,(H,15,17). The molecule has 0 aliphatic carbocycles. The summed E-state index contributed by atoms with van der Waals surface area (Å²) in [5.74, 6) is 10.5. The molecule has 7 nitrogen and oxygen atoms in total. The maximum absolute atomic E-state index is 11.5. The third-order valence-electron chi connectivity index (χ3n) is 2.04. The summed E-state index contributed by atoms with van der Waals surface area (Å²) < 4.78 is 5.01. The summed E-state index contributed by atoms with van der Waals surface area (Å²) in [5.41, 5.74) is 10.9. The third-order valence-corrected chi connectivity index (χ3v) is 2.04. The summed E-state index contributed by atoms with van der Waals surface area (Å²) in [6.45, 7) is 0.0339. The zero-order valence-corrected chi connectivity index (χ0v) is 9.67. The van der Waals surface area contributed by atoms with Crippen molar-refractivity contribution < 1.29 is 9.53 Å². The van der Waals surface area contributed by atoms with Crippen molar-refractivity contribution in [3.63, 3.8) is 0 Å². The van der Waals surface area contributed by atoms with Crippen LogP contribution >= 0.6 is 0 Å². The number of benzene rings is 1. The minimum atomic E-state index is -0.470. The second-order valence-corrected chi connectivity index (χ2v) is 3.08. The number of hydrogen-bond donors (Lipinski definition) is 2. The van der Waals surface area contributed by atoms with E-state index in [-0.39, 0.29) is 6.54 Å². The number of nitrogens with one attached hydrogen (secondary N) is 1. The monoisotopic (exact) mass is 245 g/mol. The molecular formula is C11H11N5O2. The van der Waals surface area contributed by atoms with Gasteiger partial charge in [0.15, 0.2) is 0 Å². The molecule has 0 unspecified atom stereocenters. The van der Waals surface area contributed by atoms with Crippen molar-refractivity contribution in [3.05, 3.63) is 39.8 Å². The Kier molecular flexibility index (Phi) is 5.06. The molecule has 1 rings (SSSR count). The van der Waals surface area contributed by atoms with Crippen LogP contribution in [0.15, 0.2) is 23.3 Å². The molecule has 0 saturated heterocycles. The van der Waals surface area contributed by atoms with E-state index in [2.05, 4.69) is 21.9 Å². The van der Waals surface area contributed by atoms with Crippen LogP contribution in [-0.4, -0.2) is 19.6 Å². The molecule has 7 heteroatoms. The highest BCUT2D eigenvalue weighted by atomic mass is 16.5. The zero-order valence-electron chi connectivity index (χ0n) is 9.67. The van der Waals surface area contributed by atoms with Crippen LogP contribution in [0, 0.1) is 11.8 Å². The van der Waals surface area contributed by atoms with Gasteiger partial charge in [-0.3, -0.25) is 10.2 Å². The molecule has 3 N–H and O–H groups in total. The van der Waals surface area contributed by atoms with Crippen LogP contribution < -0.4 is 16.0 Å². The van der Waals surface area contributed by atoms with Gasteiger partial charge in [0.2, 0.25) is 0 Å². The van der Waals surface area contributed by atoms with E-state index in [1.165, 1.54) is 13.2 Å². The molecule has 92 valence electrons. The predicted molar refractivity (Wildman–Crippen MR) is 65.5 cm³/mol. The summed E-state index contributed by atoms with van der Waals surface area (Å²) in [4.78, 5) is 14.1. The first-order valence-corrected chi connectivity index (χ1v) is 4.91. The molecule has 0 radical (unpaired) electrons. The highest BCUT2D eigenvalue weighted by Crippen LogP contribution is 2.16. The maximum Gasteiger partial charge on any atom is 0.266 e. The van der Waals surface area contributed by atoms with Gasteiger partial charge in [-0.25, -0.2) is 5.84 Å². The Morgan fingerprint density at radius 3 is 3.06 bits per heavy atom. The largest absolute Gasteiger partial charge is 0.497 e. The first-order chi connectivity index (χ1) is 8.72. The first-order valence-electron chi connectivity index (χ1n) is 4.91. The quantitative estimate of drug-likeness (QED) is 0.157. The molecule has 0 heterocycles. The Morgan fingerprint density at radius 2 is 2.44 bits per heavy atom. The Labute approximate surface area is 104 Å². The van der Waals surface area contributed by atoms with Gasteiger partial charge in [0.1, 0.15) is 5.75 Å². The third kappa shape index (κ3) is 3.42. The summed E-state index contributed by atoms with van der Waals surface area (Å²) in [7, 11) is 1.49. The van der Waals surface area contributed by atoms with Crippen LogP contribution in [0.3, 0.4) is 0 Å². The van der Waals surface area contributed by atoms with Crippen molar-refractivity contribution in [2.45, 2.75) is 0 Å². The number of carbonyl (C=O) groups excluding carboxylic acids is 1. The molecule has 1 aromatic carbocycles. The molecule has 18 heavy (non-hydrogen) atoms. The van der Waals surface area contributed by atoms with Crippen molar-refractivity contribution in [1.82, 2.24) is 5.43 Å². The average molecular weight is 245 g/mol. The van der Waals surface area contributed by atoms with Crippen molar-refractivity contribution in [3.8, 4) is 17.6 Å². The van der Waals surface area contributed by atoms with Gasteiger partial charge in [-0.2, -0.15) is 0 Å². The Balaban J connectivity index is 3.12. The fraction of sp³-hybridized carbons (Fsp3) is 0.182. The molecule has 0 bridgehead atoms. The van der Waals surface area contributed by atoms with Crippen LogP contribution in [0.1, 0.15) is 15.9 Å². The number of azide groups is 1. The molecule has 0 atom stereocenters. The topological polar surface area (TPSA) is 113 Å². The highest BCUT2D eigenvalue weighted by molar-refractivity contribution is 5.96. The number of methoxy groups -OCH3 is 1. The molecule has 0 spiro atoms. The van der Waals surface area contributed by atoms with E-state index < -0.39 is 5.91 Å². The van der Waals surface area contributed by atoms with Crippen molar-refractivity contribution in [2.75, 3.05) is 13.7 Å². The fourth-order valence-corrected chi connectivity index (χ4v) is 1.23. The van der Waals surface area contributed by atoms with Gasteiger partial charge in [0.25, 0.3) is 5.91 Å². The van der Waals surface area contributed by atoms with Crippen molar-refractivity contribution in [1.29, 1.82) is 0 Å². The smallest absolute Gasteiger partial charge is 0.266 e. The summed E-state index contributed by atoms with van der Waals surface area (Å²) in [6, 6.07) is 4.83. The second-order valence-electron chi connectivity index (χ2n) is 3.08. The van der Waals surface area contributed by atoms with Gasteiger partial charge in [-0.15, -0.1) is 0 Å². The van der Waals surface area contributed by atoms with Gasteiger partial charge in [0.05, 0.1) is 19.2 Å². The molecule has 0 aromatic heterocycles. The van der Waals surface area contributed by atoms with Crippen LogP contribution in [0.25, 0.3) is 10.4 Å². The first kappa shape index (κ1) is 13.4. The van der Waals surface area contributed by atoms with Gasteiger partial charge in [0, 0.05) is 10.5 Å². The van der Waals surface area contributed by atoms with E-state index in [9.17, 15) is 4.79 Å². The summed E-state index contributed by atoms with van der Waals surface area (Å²) >= 11 is 0. The number of nitrogens with zero attached hydrogens (tertiary/aromatic N) is 3. The molecule has 0 saturated carbocycles. The number of amides is 1. The van der Waals surface area contributed by atoms with Crippen LogP contribution in [0.5, 0.6) is 5.75 Å². The molecular weight excluding hydrogens is 234 g/mol. The Morgan fingerprint density at radius 1 is 1.67 bits per heavy atom. The number of nitrogen functional groups attached to an aromatic ring is 1. The zero-order chi connectivity index (χ0) is 13.4. The van der Waals surface area contributed by atoms with Gasteiger partial charge in [-0.1, -0.05) is 17.0 Å². The minimum Gasteiger partial charge on any atom is -0.497 e. The molecule has 1 aromatic rings. The van der Waals surface area contributed by atoms with E-state index in [1.54, 1.807) is 12.1 Å². The number of hydrazine groups is 1. The predicted octanol–water partition coefficient (Wildman–Crippen LogP) is 0.960. The Hall–Kier alpha value is -2.68. The van der Waals surface area contributed by atoms with Crippen LogP contribution in [0.2, 0.25) is 0 Å². The van der Waals surface area contributed by atoms with Gasteiger partial charge >= 0.3 is 0 Å². The lowest BCUT2D eigenvalue weighted by Crippen LogP contribution is -2.30. The lowest BCUT2D eigenvalue weighted by molar-refractivity contribution is 0.0953. The van der Waals surface area contributed by atoms with Crippen molar-refractivity contribution >= 4 is 5.91 Å². The van der Waals surface area contributed by atoms with E-state index in [0.29, 0.717) is 16.9 Å². The van der Waals surface area contributed by atoms with E-state index in [0.717, 1.165) is 0 Å². The number of carbonyl (C=O) groups is 1. The minimum absolute atomic E-state index is 0.0339. The van der Waals surface area contributed by atoms with Gasteiger partial charge in [-0.05, 0) is 23.7 Å². The SMILES string of the molecule is COc1ccc(C#CCN=[N+]=[N-])c(C(=O)NN)c1. The normalized spacial score (nSPS) is 8.56. The fourth-order valence-electron chi connectivity index (χ4n) is 1.23. The summed E-state index contributed by atoms with van der Waals surface area (Å²) in [6.07, 6.45) is 0. The molecule has 0 aliphatic rings. The highest BCUT2D eigenvalue weighted by Gasteiger charge is 2.10. The van der Waals surface area contributed by atoms with Crippen molar-refractivity contribution in [2.24, 2.45) is 11.0 Å². The lowest BCUT2D eigenvalue weighted by atomic mass is 10.1. The van der Waals surface area contributed by atoms with Crippen LogP contribution in [-0.2, 0) is 0 Å². The number of rotatable bonds is 3. The van der Waals surface area contributed by atoms with Gasteiger partial charge < -0.3 is 4.74 Å². The maximum atomic E-state index is 11.5. The number of ether oxygens (including phenoxy) is 1. The van der Waals surface area contributed by atoms with E-state index in [4.69, 9.17) is 16.1 Å². The lowest BCUT2D eigenvalue weighted by Gasteiger charge is -2.05. The average Bonchev–Trinajstić information content (AvgIpc) is 2.42. The van der Waals surface area contributed by atoms with Crippen LogP contribution in [0.4, 0.5) is 0 Å². The number of hydrogen-bond acceptors (Lipinski definition) is 4. The Bertz CT molecular complexity index is 552. The number of nitrogens with two attached hydrogens (primary N) is 1. The second kappa shape index (κ2) is 6.81. The van der Waals surface area contributed by atoms with E-state index >= 15 is 0 Å². The van der Waals surface area contributed by atoms with E-state index in [1.807, 2.05) is 5.43 Å². The molecule has 0 aliphatic heterocycles. The summed E-state index contributed by atoms with van der Waals surface area (Å²) in [5, 5.41) is 3.27. The molecule has 1 amide bonds. The molecule has 0 fully saturated rings.